The number of carbonyl (C=O) groups is 2. The van der Waals surface area contributed by atoms with Gasteiger partial charge in [0.2, 0.25) is 0 Å². The van der Waals surface area contributed by atoms with Gasteiger partial charge in [0.05, 0.1) is 19.6 Å². The fraction of sp³-hybridized carbons (Fsp3) is 0.250. The number of hydrogen-bond donors (Lipinski definition) is 1. The monoisotopic (exact) mass is 415 g/mol. The first-order valence-electron chi connectivity index (χ1n) is 6.97. The molecule has 128 valence electrons. The number of ether oxygens (including phenoxy) is 2. The smallest absolute Gasteiger partial charge is 0.307 e. The molecule has 1 atom stereocenters. The molecule has 1 N–H and O–H groups in total. The van der Waals surface area contributed by atoms with Crippen LogP contribution in [0.5, 0.6) is 5.75 Å². The Morgan fingerprint density at radius 2 is 2.17 bits per heavy atom. The van der Waals surface area contributed by atoms with Gasteiger partial charge in [-0.3, -0.25) is 9.59 Å². The molecule has 5 nitrogen and oxygen atoms in total. The lowest BCUT2D eigenvalue weighted by Crippen LogP contribution is -2.33. The molecule has 0 saturated heterocycles. The second-order valence-corrected chi connectivity index (χ2v) is 6.67. The molecule has 1 amide bonds. The Morgan fingerprint density at radius 3 is 2.79 bits per heavy atom. The van der Waals surface area contributed by atoms with E-state index in [1.807, 2.05) is 17.5 Å². The summed E-state index contributed by atoms with van der Waals surface area (Å²) in [5, 5.41) is 4.55. The third-order valence-electron chi connectivity index (χ3n) is 3.07. The maximum Gasteiger partial charge on any atom is 0.307 e. The van der Waals surface area contributed by atoms with Crippen LogP contribution in [0.15, 0.2) is 40.2 Å². The number of amides is 1. The molecule has 0 bridgehead atoms. The highest BCUT2D eigenvalue weighted by Gasteiger charge is 2.20. The van der Waals surface area contributed by atoms with E-state index in [0.717, 1.165) is 4.88 Å². The van der Waals surface area contributed by atoms with Crippen LogP contribution in [-0.4, -0.2) is 25.6 Å². The molecule has 0 aliphatic heterocycles. The van der Waals surface area contributed by atoms with Crippen molar-refractivity contribution in [1.29, 1.82) is 0 Å². The first-order valence-corrected chi connectivity index (χ1v) is 8.64. The minimum Gasteiger partial charge on any atom is -0.481 e. The zero-order valence-corrected chi connectivity index (χ0v) is 15.2. The van der Waals surface area contributed by atoms with Crippen molar-refractivity contribution in [3.8, 4) is 5.75 Å². The van der Waals surface area contributed by atoms with Crippen molar-refractivity contribution in [2.24, 2.45) is 0 Å². The lowest BCUT2D eigenvalue weighted by molar-refractivity contribution is -0.141. The topological polar surface area (TPSA) is 64.6 Å². The van der Waals surface area contributed by atoms with Crippen molar-refractivity contribution in [1.82, 2.24) is 5.32 Å². The summed E-state index contributed by atoms with van der Waals surface area (Å²) >= 11 is 4.56. The molecule has 1 unspecified atom stereocenters. The van der Waals surface area contributed by atoms with E-state index in [0.29, 0.717) is 4.47 Å². The van der Waals surface area contributed by atoms with Gasteiger partial charge in [-0.2, -0.15) is 0 Å². The van der Waals surface area contributed by atoms with Crippen molar-refractivity contribution >= 4 is 39.1 Å². The van der Waals surface area contributed by atoms with Crippen LogP contribution in [-0.2, 0) is 14.3 Å². The minimum atomic E-state index is -0.568. The van der Waals surface area contributed by atoms with Crippen LogP contribution in [0.1, 0.15) is 17.3 Å². The molecule has 0 aliphatic rings. The van der Waals surface area contributed by atoms with Gasteiger partial charge in [0.1, 0.15) is 0 Å². The average molecular weight is 416 g/mol. The number of thiophene rings is 1. The quantitative estimate of drug-likeness (QED) is 0.703. The van der Waals surface area contributed by atoms with Gasteiger partial charge in [-0.25, -0.2) is 4.39 Å². The van der Waals surface area contributed by atoms with Crippen LogP contribution >= 0.6 is 27.3 Å². The van der Waals surface area contributed by atoms with Crippen LogP contribution in [0.2, 0.25) is 0 Å². The Balaban J connectivity index is 1.96. The van der Waals surface area contributed by atoms with Crippen molar-refractivity contribution < 1.29 is 23.5 Å². The first kappa shape index (κ1) is 18.4. The van der Waals surface area contributed by atoms with Crippen molar-refractivity contribution in [3.05, 3.63) is 50.9 Å². The van der Waals surface area contributed by atoms with Crippen LogP contribution in [0.3, 0.4) is 0 Å². The zero-order valence-electron chi connectivity index (χ0n) is 12.8. The number of rotatable bonds is 7. The molecule has 2 aromatic rings. The average Bonchev–Trinajstić information content (AvgIpc) is 3.07. The maximum atomic E-state index is 13.7. The van der Waals surface area contributed by atoms with Gasteiger partial charge in [-0.15, -0.1) is 11.3 Å². The van der Waals surface area contributed by atoms with Gasteiger partial charge in [0.25, 0.3) is 5.91 Å². The molecule has 0 fully saturated rings. The van der Waals surface area contributed by atoms with E-state index in [1.54, 1.807) is 6.07 Å². The predicted molar refractivity (Wildman–Crippen MR) is 91.4 cm³/mol. The minimum absolute atomic E-state index is 0.00932. The Labute approximate surface area is 150 Å². The summed E-state index contributed by atoms with van der Waals surface area (Å²) in [5.41, 5.74) is 0. The largest absolute Gasteiger partial charge is 0.481 e. The lowest BCUT2D eigenvalue weighted by atomic mass is 10.1. The molecule has 24 heavy (non-hydrogen) atoms. The molecule has 0 aliphatic carbocycles. The summed E-state index contributed by atoms with van der Waals surface area (Å²) in [5.74, 6) is -1.48. The van der Waals surface area contributed by atoms with Crippen molar-refractivity contribution in [2.45, 2.75) is 12.5 Å². The van der Waals surface area contributed by atoms with E-state index in [4.69, 9.17) is 4.74 Å². The Morgan fingerprint density at radius 1 is 1.38 bits per heavy atom. The van der Waals surface area contributed by atoms with Crippen LogP contribution in [0.25, 0.3) is 0 Å². The predicted octanol–water partition coefficient (Wildman–Crippen LogP) is 3.45. The summed E-state index contributed by atoms with van der Waals surface area (Å²) < 4.78 is 24.1. The van der Waals surface area contributed by atoms with E-state index < -0.39 is 23.7 Å². The fourth-order valence-electron chi connectivity index (χ4n) is 1.93. The summed E-state index contributed by atoms with van der Waals surface area (Å²) in [6.07, 6.45) is 0.00932. The normalized spacial score (nSPS) is 11.6. The van der Waals surface area contributed by atoms with Gasteiger partial charge in [-0.05, 0) is 29.6 Å². The third-order valence-corrected chi connectivity index (χ3v) is 4.55. The summed E-state index contributed by atoms with van der Waals surface area (Å²) in [6.45, 7) is -0.360. The van der Waals surface area contributed by atoms with E-state index in [1.165, 1.54) is 30.6 Å². The summed E-state index contributed by atoms with van der Waals surface area (Å²) in [7, 11) is 1.29. The van der Waals surface area contributed by atoms with E-state index in [9.17, 15) is 14.0 Å². The third kappa shape index (κ3) is 5.31. The first-order chi connectivity index (χ1) is 11.5. The Hall–Kier alpha value is -1.93. The highest BCUT2D eigenvalue weighted by Crippen LogP contribution is 2.23. The number of benzene rings is 1. The van der Waals surface area contributed by atoms with Gasteiger partial charge in [0, 0.05) is 9.35 Å². The molecule has 0 saturated carbocycles. The Bertz CT molecular complexity index is 708. The SMILES string of the molecule is COC(=O)CC(NC(=O)COc1ccc(Br)cc1F)c1cccs1. The summed E-state index contributed by atoms with van der Waals surface area (Å²) in [4.78, 5) is 24.4. The molecular formula is C16H15BrFNO4S. The van der Waals surface area contributed by atoms with E-state index in [2.05, 4.69) is 26.0 Å². The highest BCUT2D eigenvalue weighted by atomic mass is 79.9. The highest BCUT2D eigenvalue weighted by molar-refractivity contribution is 9.10. The molecule has 1 aromatic heterocycles. The van der Waals surface area contributed by atoms with Crippen molar-refractivity contribution in [2.75, 3.05) is 13.7 Å². The molecule has 0 radical (unpaired) electrons. The molecular weight excluding hydrogens is 401 g/mol. The van der Waals surface area contributed by atoms with Gasteiger partial charge >= 0.3 is 5.97 Å². The number of halogens is 2. The van der Waals surface area contributed by atoms with Gasteiger partial charge in [0.15, 0.2) is 18.2 Å². The van der Waals surface area contributed by atoms with E-state index >= 15 is 0 Å². The number of methoxy groups -OCH3 is 1. The standard InChI is InChI=1S/C16H15BrFNO4S/c1-22-16(21)8-12(14-3-2-6-24-14)19-15(20)9-23-13-5-4-10(17)7-11(13)18/h2-7,12H,8-9H2,1H3,(H,19,20). The molecule has 1 heterocycles. The number of carbonyl (C=O) groups excluding carboxylic acids is 2. The number of esters is 1. The number of hydrogen-bond acceptors (Lipinski definition) is 5. The molecule has 2 rings (SSSR count). The fourth-order valence-corrected chi connectivity index (χ4v) is 3.04. The Kier molecular flexibility index (Phi) is 6.74. The second kappa shape index (κ2) is 8.79. The second-order valence-electron chi connectivity index (χ2n) is 4.78. The molecule has 0 spiro atoms. The maximum absolute atomic E-state index is 13.7. The van der Waals surface area contributed by atoms with Crippen LogP contribution in [0.4, 0.5) is 4.39 Å². The van der Waals surface area contributed by atoms with Crippen molar-refractivity contribution in [3.63, 3.8) is 0 Å². The number of nitrogens with one attached hydrogen (secondary N) is 1. The van der Waals surface area contributed by atoms with Gasteiger partial charge < -0.3 is 14.8 Å². The summed E-state index contributed by atoms with van der Waals surface area (Å²) in [6, 6.07) is 7.42. The van der Waals surface area contributed by atoms with Gasteiger partial charge in [-0.1, -0.05) is 22.0 Å². The van der Waals surface area contributed by atoms with E-state index in [-0.39, 0.29) is 18.8 Å². The molecule has 8 heteroatoms. The van der Waals surface area contributed by atoms with Crippen LogP contribution < -0.4 is 10.1 Å². The lowest BCUT2D eigenvalue weighted by Gasteiger charge is -2.16. The zero-order chi connectivity index (χ0) is 17.5. The molecule has 1 aromatic carbocycles. The van der Waals surface area contributed by atoms with Crippen LogP contribution in [0, 0.1) is 5.82 Å².